The second-order valence-electron chi connectivity index (χ2n) is 6.42. The van der Waals surface area contributed by atoms with Crippen LogP contribution in [0.5, 0.6) is 0 Å². The summed E-state index contributed by atoms with van der Waals surface area (Å²) in [7, 11) is 0. The standard InChI is InChI=1S/C20H14N6O2.Na.H/c27-17-11-18(28)26(14-8-5-13(6-9-14)20-22-24-25-23-20)16-10-7-12-3-1-2-4-15(12)19(16)21-17;;/h1-10H,11H2,(H,21,27)(H,22,23,24,25);;/q;+1;-1. The molecule has 9 heteroatoms. The average molecular weight is 394 g/mol. The maximum Gasteiger partial charge on any atom is 1.00 e. The molecule has 8 nitrogen and oxygen atoms in total. The maximum atomic E-state index is 12.9. The quantitative estimate of drug-likeness (QED) is 0.372. The van der Waals surface area contributed by atoms with Gasteiger partial charge in [0.15, 0.2) is 0 Å². The Hall–Kier alpha value is -3.07. The van der Waals surface area contributed by atoms with Gasteiger partial charge in [-0.25, -0.2) is 0 Å². The molecule has 0 radical (unpaired) electrons. The van der Waals surface area contributed by atoms with Gasteiger partial charge in [-0.3, -0.25) is 14.5 Å². The van der Waals surface area contributed by atoms with Crippen molar-refractivity contribution in [2.45, 2.75) is 6.42 Å². The molecule has 0 spiro atoms. The minimum Gasteiger partial charge on any atom is -1.00 e. The predicted octanol–water partition coefficient (Wildman–Crippen LogP) is 0.143. The van der Waals surface area contributed by atoms with E-state index in [9.17, 15) is 9.59 Å². The number of nitrogens with one attached hydrogen (secondary N) is 2. The minimum atomic E-state index is -0.325. The molecular weight excluding hydrogens is 379 g/mol. The Bertz CT molecular complexity index is 1210. The van der Waals surface area contributed by atoms with E-state index in [1.807, 2.05) is 48.5 Å². The van der Waals surface area contributed by atoms with E-state index in [0.29, 0.717) is 22.9 Å². The second-order valence-corrected chi connectivity index (χ2v) is 6.42. The van der Waals surface area contributed by atoms with Crippen LogP contribution in [-0.2, 0) is 9.59 Å². The predicted molar refractivity (Wildman–Crippen MR) is 105 cm³/mol. The van der Waals surface area contributed by atoms with Crippen molar-refractivity contribution in [2.75, 3.05) is 10.2 Å². The van der Waals surface area contributed by atoms with Gasteiger partial charge in [-0.05, 0) is 40.9 Å². The summed E-state index contributed by atoms with van der Waals surface area (Å²) in [4.78, 5) is 26.7. The Morgan fingerprint density at radius 1 is 0.966 bits per heavy atom. The van der Waals surface area contributed by atoms with Gasteiger partial charge in [-0.2, -0.15) is 5.21 Å². The molecule has 0 bridgehead atoms. The van der Waals surface area contributed by atoms with Gasteiger partial charge in [0.2, 0.25) is 17.6 Å². The van der Waals surface area contributed by atoms with Crippen molar-refractivity contribution in [3.05, 3.63) is 60.7 Å². The topological polar surface area (TPSA) is 104 Å². The molecule has 138 valence electrons. The van der Waals surface area contributed by atoms with Crippen molar-refractivity contribution in [1.82, 2.24) is 20.6 Å². The minimum absolute atomic E-state index is 0. The summed E-state index contributed by atoms with van der Waals surface area (Å²) in [6.45, 7) is 0. The van der Waals surface area contributed by atoms with Crippen LogP contribution in [0.2, 0.25) is 0 Å². The first-order valence-corrected chi connectivity index (χ1v) is 8.69. The molecule has 5 rings (SSSR count). The first-order chi connectivity index (χ1) is 13.7. The normalized spacial score (nSPS) is 13.4. The van der Waals surface area contributed by atoms with Crippen molar-refractivity contribution in [3.8, 4) is 11.4 Å². The third-order valence-corrected chi connectivity index (χ3v) is 4.70. The summed E-state index contributed by atoms with van der Waals surface area (Å²) < 4.78 is 0. The molecular formula is C20H15N6NaO2. The molecule has 2 heterocycles. The number of rotatable bonds is 2. The zero-order chi connectivity index (χ0) is 19.1. The van der Waals surface area contributed by atoms with Crippen LogP contribution in [0, 0.1) is 0 Å². The number of carbonyl (C=O) groups excluding carboxylic acids is 2. The van der Waals surface area contributed by atoms with Crippen LogP contribution in [0.25, 0.3) is 22.2 Å². The van der Waals surface area contributed by atoms with Crippen LogP contribution in [0.4, 0.5) is 17.1 Å². The summed E-state index contributed by atoms with van der Waals surface area (Å²) in [6.07, 6.45) is -0.227. The Morgan fingerprint density at radius 3 is 2.52 bits per heavy atom. The molecule has 1 aliphatic rings. The van der Waals surface area contributed by atoms with Gasteiger partial charge in [0.25, 0.3) is 0 Å². The van der Waals surface area contributed by atoms with Crippen LogP contribution < -0.4 is 39.8 Å². The Kier molecular flexibility index (Phi) is 5.14. The summed E-state index contributed by atoms with van der Waals surface area (Å²) in [5, 5.41) is 18.7. The van der Waals surface area contributed by atoms with E-state index in [4.69, 9.17) is 0 Å². The average Bonchev–Trinajstić information content (AvgIpc) is 3.21. The number of tetrazole rings is 1. The summed E-state index contributed by atoms with van der Waals surface area (Å²) in [5.41, 5.74) is 2.70. The number of nitrogens with zero attached hydrogens (tertiary/aromatic N) is 4. The zero-order valence-corrected chi connectivity index (χ0v) is 17.6. The largest absolute Gasteiger partial charge is 1.00 e. The van der Waals surface area contributed by atoms with Crippen molar-refractivity contribution in [2.24, 2.45) is 0 Å². The molecule has 2 N–H and O–H groups in total. The summed E-state index contributed by atoms with van der Waals surface area (Å²) in [6, 6.07) is 18.8. The van der Waals surface area contributed by atoms with Crippen LogP contribution in [0.1, 0.15) is 7.85 Å². The van der Waals surface area contributed by atoms with Crippen molar-refractivity contribution < 1.29 is 40.6 Å². The van der Waals surface area contributed by atoms with Gasteiger partial charge in [0.05, 0.1) is 11.4 Å². The molecule has 2 amide bonds. The maximum absolute atomic E-state index is 12.9. The number of aromatic amines is 1. The van der Waals surface area contributed by atoms with E-state index in [-0.39, 0.29) is 49.2 Å². The molecule has 0 fully saturated rings. The van der Waals surface area contributed by atoms with Crippen molar-refractivity contribution in [1.29, 1.82) is 0 Å². The number of H-pyrrole nitrogens is 1. The first kappa shape index (κ1) is 19.3. The number of carbonyl (C=O) groups is 2. The van der Waals surface area contributed by atoms with Crippen LogP contribution in [0.3, 0.4) is 0 Å². The summed E-state index contributed by atoms with van der Waals surface area (Å²) >= 11 is 0. The number of hydrogen-bond donors (Lipinski definition) is 2. The van der Waals surface area contributed by atoms with E-state index in [2.05, 4.69) is 25.9 Å². The molecule has 0 saturated carbocycles. The molecule has 0 aliphatic carbocycles. The van der Waals surface area contributed by atoms with E-state index in [0.717, 1.165) is 16.3 Å². The number of amides is 2. The fraction of sp³-hybridized carbons (Fsp3) is 0.0500. The second kappa shape index (κ2) is 7.75. The van der Waals surface area contributed by atoms with E-state index < -0.39 is 0 Å². The van der Waals surface area contributed by atoms with Crippen LogP contribution in [-0.4, -0.2) is 32.4 Å². The third-order valence-electron chi connectivity index (χ3n) is 4.70. The molecule has 0 atom stereocenters. The number of hydrogen-bond acceptors (Lipinski definition) is 5. The SMILES string of the molecule is O=C1CC(=O)N(c2ccc(-c3nn[nH]n3)cc2)c2ccc3ccccc3c2N1.[H-].[Na+]. The van der Waals surface area contributed by atoms with Gasteiger partial charge >= 0.3 is 29.6 Å². The number of fused-ring (bicyclic) bond motifs is 3. The van der Waals surface area contributed by atoms with Gasteiger partial charge in [0, 0.05) is 16.6 Å². The van der Waals surface area contributed by atoms with Gasteiger partial charge in [0.1, 0.15) is 6.42 Å². The third kappa shape index (κ3) is 3.42. The smallest absolute Gasteiger partial charge is 1.00 e. The van der Waals surface area contributed by atoms with Crippen LogP contribution >= 0.6 is 0 Å². The van der Waals surface area contributed by atoms with Gasteiger partial charge in [-0.15, -0.1) is 10.2 Å². The Balaban J connectivity index is 0.00000128. The van der Waals surface area contributed by atoms with Crippen LogP contribution in [0.15, 0.2) is 60.7 Å². The molecule has 1 aliphatic heterocycles. The van der Waals surface area contributed by atoms with Crippen molar-refractivity contribution >= 4 is 39.6 Å². The molecule has 0 unspecified atom stereocenters. The van der Waals surface area contributed by atoms with Crippen molar-refractivity contribution in [3.63, 3.8) is 0 Å². The van der Waals surface area contributed by atoms with E-state index in [1.54, 1.807) is 17.0 Å². The zero-order valence-electron chi connectivity index (χ0n) is 16.6. The first-order valence-electron chi connectivity index (χ1n) is 8.69. The van der Waals surface area contributed by atoms with Gasteiger partial charge in [-0.1, -0.05) is 30.3 Å². The monoisotopic (exact) mass is 394 g/mol. The number of anilines is 3. The molecule has 1 aromatic heterocycles. The summed E-state index contributed by atoms with van der Waals surface area (Å²) in [5.74, 6) is -0.149. The number of benzene rings is 3. The molecule has 29 heavy (non-hydrogen) atoms. The Labute approximate surface area is 189 Å². The van der Waals surface area contributed by atoms with E-state index >= 15 is 0 Å². The molecule has 0 saturated heterocycles. The van der Waals surface area contributed by atoms with E-state index in [1.165, 1.54) is 0 Å². The molecule has 3 aromatic carbocycles. The number of aromatic nitrogens is 4. The van der Waals surface area contributed by atoms with Gasteiger partial charge < -0.3 is 6.74 Å². The fourth-order valence-corrected chi connectivity index (χ4v) is 3.44. The Morgan fingerprint density at radius 2 is 1.76 bits per heavy atom. The molecule has 4 aromatic rings. The fourth-order valence-electron chi connectivity index (χ4n) is 3.44.